The third-order valence-corrected chi connectivity index (χ3v) is 7.64. The highest BCUT2D eigenvalue weighted by Gasteiger charge is 2.34. The molecule has 2 saturated carbocycles. The van der Waals surface area contributed by atoms with Crippen molar-refractivity contribution < 1.29 is 9.53 Å². The molecule has 0 unspecified atom stereocenters. The van der Waals surface area contributed by atoms with Crippen LogP contribution in [-0.2, 0) is 11.3 Å². The summed E-state index contributed by atoms with van der Waals surface area (Å²) in [5.41, 5.74) is 3.04. The van der Waals surface area contributed by atoms with Crippen LogP contribution in [0.25, 0.3) is 11.2 Å². The second-order valence-electron chi connectivity index (χ2n) is 10.1. The zero-order valence-corrected chi connectivity index (χ0v) is 20.1. The minimum absolute atomic E-state index is 0.0689. The third-order valence-electron chi connectivity index (χ3n) is 7.64. The number of hydrogen-bond acceptors (Lipinski definition) is 7. The first-order chi connectivity index (χ1) is 17.0. The van der Waals surface area contributed by atoms with E-state index in [0.717, 1.165) is 43.4 Å². The Bertz CT molecular complexity index is 1350. The van der Waals surface area contributed by atoms with E-state index in [1.54, 1.807) is 13.1 Å². The summed E-state index contributed by atoms with van der Waals surface area (Å²) in [4.78, 5) is 35.8. The number of carbonyl (C=O) groups excluding carboxylic acids is 1. The predicted molar refractivity (Wildman–Crippen MR) is 133 cm³/mol. The minimum Gasteiger partial charge on any atom is -0.386 e. The van der Waals surface area contributed by atoms with Gasteiger partial charge in [0.15, 0.2) is 5.65 Å². The van der Waals surface area contributed by atoms with Crippen molar-refractivity contribution in [2.45, 2.75) is 70.2 Å². The number of amides is 1. The number of nitrogens with zero attached hydrogens (tertiary/aromatic N) is 4. The molecule has 3 N–H and O–H groups in total. The lowest BCUT2D eigenvalue weighted by Crippen LogP contribution is -2.52. The molecule has 4 atom stereocenters. The maximum atomic E-state index is 13.6. The normalized spacial score (nSPS) is 26.3. The summed E-state index contributed by atoms with van der Waals surface area (Å²) in [6.07, 6.45) is 9.43. The molecule has 4 bridgehead atoms. The Kier molecular flexibility index (Phi) is 5.47. The lowest BCUT2D eigenvalue weighted by Gasteiger charge is -2.37. The Morgan fingerprint density at radius 2 is 2.06 bits per heavy atom. The van der Waals surface area contributed by atoms with Gasteiger partial charge in [-0.15, -0.1) is 0 Å². The molecule has 10 heteroatoms. The lowest BCUT2D eigenvalue weighted by atomic mass is 9.87. The molecule has 3 aromatic rings. The van der Waals surface area contributed by atoms with Crippen molar-refractivity contribution in [3.63, 3.8) is 0 Å². The molecule has 2 aliphatic carbocycles. The number of anilines is 3. The summed E-state index contributed by atoms with van der Waals surface area (Å²) in [6.45, 7) is 2.63. The second kappa shape index (κ2) is 8.67. The maximum absolute atomic E-state index is 13.6. The summed E-state index contributed by atoms with van der Waals surface area (Å²) in [5.74, 6) is 1.06. The van der Waals surface area contributed by atoms with E-state index < -0.39 is 0 Å². The van der Waals surface area contributed by atoms with Crippen molar-refractivity contribution in [1.82, 2.24) is 24.4 Å². The fourth-order valence-electron chi connectivity index (χ4n) is 5.55. The van der Waals surface area contributed by atoms with Gasteiger partial charge in [0.25, 0.3) is 5.56 Å². The molecular formula is C25H31N7O3. The van der Waals surface area contributed by atoms with Crippen LogP contribution in [0.2, 0.25) is 0 Å². The van der Waals surface area contributed by atoms with E-state index in [4.69, 9.17) is 4.74 Å². The van der Waals surface area contributed by atoms with Crippen LogP contribution < -0.4 is 21.5 Å². The van der Waals surface area contributed by atoms with Crippen LogP contribution in [0.1, 0.15) is 57.1 Å². The Hall–Kier alpha value is -3.40. The Morgan fingerprint density at radius 3 is 2.83 bits per heavy atom. The summed E-state index contributed by atoms with van der Waals surface area (Å²) in [5, 5.41) is 9.44. The predicted octanol–water partition coefficient (Wildman–Crippen LogP) is 3.75. The van der Waals surface area contributed by atoms with Gasteiger partial charge in [-0.25, -0.2) is 19.3 Å². The van der Waals surface area contributed by atoms with Gasteiger partial charge in [-0.3, -0.25) is 4.79 Å². The topological polar surface area (TPSA) is 115 Å². The molecule has 3 aliphatic rings. The number of carbonyl (C=O) groups is 1. The van der Waals surface area contributed by atoms with Gasteiger partial charge in [-0.2, -0.15) is 0 Å². The largest absolute Gasteiger partial charge is 0.386 e. The first kappa shape index (κ1) is 22.1. The number of nitrogens with one attached hydrogen (secondary N) is 3. The van der Waals surface area contributed by atoms with E-state index in [1.165, 1.54) is 17.3 Å². The Balaban J connectivity index is 1.49. The SMILES string of the molecule is CNc1cc2nc3c1ncn3C(=O)N[C@@H]1CC[C@H]1OCc1cc(c(=O)n([C@@H]3CCC[C@H](C)C3)c1)N2. The Morgan fingerprint density at radius 1 is 1.17 bits per heavy atom. The minimum atomic E-state index is -0.290. The summed E-state index contributed by atoms with van der Waals surface area (Å²) in [6, 6.07) is 3.48. The first-order valence-corrected chi connectivity index (χ1v) is 12.5. The molecule has 35 heavy (non-hydrogen) atoms. The van der Waals surface area contributed by atoms with Crippen molar-refractivity contribution in [3.05, 3.63) is 40.6 Å². The molecule has 184 valence electrons. The first-order valence-electron chi connectivity index (χ1n) is 12.5. The van der Waals surface area contributed by atoms with Gasteiger partial charge in [0.1, 0.15) is 23.3 Å². The van der Waals surface area contributed by atoms with Crippen LogP contribution >= 0.6 is 0 Å². The van der Waals surface area contributed by atoms with Crippen molar-refractivity contribution >= 4 is 34.4 Å². The number of aromatic nitrogens is 4. The summed E-state index contributed by atoms with van der Waals surface area (Å²) >= 11 is 0. The average Bonchev–Trinajstić information content (AvgIpc) is 3.26. The van der Waals surface area contributed by atoms with Crippen LogP contribution in [0.4, 0.5) is 22.0 Å². The van der Waals surface area contributed by atoms with Gasteiger partial charge in [0.2, 0.25) is 0 Å². The average molecular weight is 478 g/mol. The van der Waals surface area contributed by atoms with Crippen LogP contribution in [0, 0.1) is 5.92 Å². The summed E-state index contributed by atoms with van der Waals surface area (Å²) < 4.78 is 9.52. The number of hydrogen-bond donors (Lipinski definition) is 3. The van der Waals surface area contributed by atoms with Crippen molar-refractivity contribution in [1.29, 1.82) is 0 Å². The zero-order chi connectivity index (χ0) is 24.1. The number of fused-ring (bicyclic) bond motifs is 4. The van der Waals surface area contributed by atoms with Crippen molar-refractivity contribution in [2.75, 3.05) is 17.7 Å². The van der Waals surface area contributed by atoms with Crippen molar-refractivity contribution in [3.8, 4) is 0 Å². The van der Waals surface area contributed by atoms with E-state index in [0.29, 0.717) is 35.2 Å². The molecule has 0 spiro atoms. The summed E-state index contributed by atoms with van der Waals surface area (Å²) in [7, 11) is 1.80. The molecule has 1 amide bonds. The number of ether oxygens (including phenoxy) is 1. The Labute approximate surface area is 203 Å². The number of imidazole rings is 1. The highest BCUT2D eigenvalue weighted by molar-refractivity contribution is 5.94. The van der Waals surface area contributed by atoms with E-state index >= 15 is 0 Å². The maximum Gasteiger partial charge on any atom is 0.328 e. The molecule has 1 aliphatic heterocycles. The molecule has 0 aromatic carbocycles. The number of rotatable bonds is 2. The molecule has 10 nitrogen and oxygen atoms in total. The third kappa shape index (κ3) is 3.95. The van der Waals surface area contributed by atoms with E-state index in [9.17, 15) is 9.59 Å². The molecular weight excluding hydrogens is 446 g/mol. The highest BCUT2D eigenvalue weighted by atomic mass is 16.5. The molecule has 6 rings (SSSR count). The van der Waals surface area contributed by atoms with Crippen LogP contribution in [-0.4, -0.2) is 44.3 Å². The molecule has 3 aromatic heterocycles. The fraction of sp³-hybridized carbons (Fsp3) is 0.520. The van der Waals surface area contributed by atoms with Gasteiger partial charge >= 0.3 is 6.03 Å². The van der Waals surface area contributed by atoms with Crippen LogP contribution in [0.15, 0.2) is 29.5 Å². The lowest BCUT2D eigenvalue weighted by molar-refractivity contribution is -0.0325. The molecule has 4 heterocycles. The van der Waals surface area contributed by atoms with E-state index in [2.05, 4.69) is 32.8 Å². The van der Waals surface area contributed by atoms with Crippen molar-refractivity contribution in [2.24, 2.45) is 5.92 Å². The van der Waals surface area contributed by atoms with Gasteiger partial charge in [-0.05, 0) is 43.2 Å². The molecule has 0 saturated heterocycles. The molecule has 2 fully saturated rings. The van der Waals surface area contributed by atoms with Crippen LogP contribution in [0.5, 0.6) is 0 Å². The van der Waals surface area contributed by atoms with Gasteiger partial charge in [0.05, 0.1) is 24.4 Å². The fourth-order valence-corrected chi connectivity index (χ4v) is 5.55. The van der Waals surface area contributed by atoms with Crippen LogP contribution in [0.3, 0.4) is 0 Å². The van der Waals surface area contributed by atoms with E-state index in [-0.39, 0.29) is 29.8 Å². The van der Waals surface area contributed by atoms with Gasteiger partial charge in [-0.1, -0.05) is 19.8 Å². The monoisotopic (exact) mass is 477 g/mol. The highest BCUT2D eigenvalue weighted by Crippen LogP contribution is 2.33. The standard InChI is InChI=1S/C25H31N7O3/c1-14-4-3-5-16(8-14)31-11-15-9-19(24(31)33)28-21-10-18(26-2)22-23(30-21)32(13-27-22)25(34)29-17-6-7-20(17)35-12-15/h9-11,13-14,16-17,20H,3-8,12H2,1-2H3,(H,29,34)(H2,26,28,30)/t14-,16+,17+,20+/m0/s1. The van der Waals surface area contributed by atoms with E-state index in [1.807, 2.05) is 16.8 Å². The quantitative estimate of drug-likeness (QED) is 0.515. The van der Waals surface area contributed by atoms with Gasteiger partial charge in [0, 0.05) is 25.4 Å². The zero-order valence-electron chi connectivity index (χ0n) is 20.1. The molecule has 0 radical (unpaired) electrons. The number of pyridine rings is 2. The second-order valence-corrected chi connectivity index (χ2v) is 10.1. The smallest absolute Gasteiger partial charge is 0.328 e. The van der Waals surface area contributed by atoms with Gasteiger partial charge < -0.3 is 25.3 Å².